The van der Waals surface area contributed by atoms with E-state index in [1.54, 1.807) is 4.90 Å². The molecule has 4 nitrogen and oxygen atoms in total. The van der Waals surface area contributed by atoms with Gasteiger partial charge in [-0.05, 0) is 32.1 Å². The molecule has 0 saturated carbocycles. The number of carbonyl (C=O) groups excluding carboxylic acids is 1. The lowest BCUT2D eigenvalue weighted by molar-refractivity contribution is -0.115. The van der Waals surface area contributed by atoms with Gasteiger partial charge in [-0.25, -0.2) is 4.99 Å². The molecule has 2 rings (SSSR count). The Bertz CT molecular complexity index is 494. The molecule has 5 heteroatoms. The van der Waals surface area contributed by atoms with Gasteiger partial charge in [0.2, 0.25) is 5.91 Å². The van der Waals surface area contributed by atoms with Crippen LogP contribution in [0.3, 0.4) is 0 Å². The minimum Gasteiger partial charge on any atom is -0.285 e. The van der Waals surface area contributed by atoms with Gasteiger partial charge in [-0.15, -0.1) is 0 Å². The van der Waals surface area contributed by atoms with Crippen molar-refractivity contribution in [2.45, 2.75) is 20.8 Å². The van der Waals surface area contributed by atoms with E-state index in [0.717, 1.165) is 23.9 Å². The van der Waals surface area contributed by atoms with Gasteiger partial charge >= 0.3 is 0 Å². The van der Waals surface area contributed by atoms with Crippen LogP contribution in [-0.4, -0.2) is 41.5 Å². The van der Waals surface area contributed by atoms with Gasteiger partial charge in [0.15, 0.2) is 5.17 Å². The molecule has 0 unspecified atom stereocenters. The van der Waals surface area contributed by atoms with E-state index in [2.05, 4.69) is 23.7 Å². The second kappa shape index (κ2) is 6.90. The van der Waals surface area contributed by atoms with Crippen LogP contribution in [0.25, 0.3) is 0 Å². The Morgan fingerprint density at radius 2 is 1.90 bits per heavy atom. The maximum atomic E-state index is 12.1. The molecule has 1 saturated heterocycles. The van der Waals surface area contributed by atoms with Crippen molar-refractivity contribution in [2.24, 2.45) is 4.99 Å². The largest absolute Gasteiger partial charge is 0.285 e. The van der Waals surface area contributed by atoms with Crippen molar-refractivity contribution in [2.75, 3.05) is 30.4 Å². The number of aliphatic imine (C=N–C) groups is 1. The second-order valence-electron chi connectivity index (χ2n) is 4.74. The van der Waals surface area contributed by atoms with E-state index in [-0.39, 0.29) is 5.91 Å². The molecule has 1 heterocycles. The number of thioether (sulfide) groups is 1. The van der Waals surface area contributed by atoms with Crippen molar-refractivity contribution in [3.8, 4) is 0 Å². The number of anilines is 1. The molecule has 0 aliphatic carbocycles. The second-order valence-corrected chi connectivity index (χ2v) is 5.68. The highest BCUT2D eigenvalue weighted by atomic mass is 32.2. The van der Waals surface area contributed by atoms with E-state index in [1.165, 1.54) is 17.3 Å². The third-order valence-electron chi connectivity index (χ3n) is 3.36. The van der Waals surface area contributed by atoms with Gasteiger partial charge in [0.1, 0.15) is 0 Å². The predicted molar refractivity (Wildman–Crippen MR) is 86.3 cm³/mol. The number of rotatable bonds is 5. The molecule has 1 aromatic carbocycles. The van der Waals surface area contributed by atoms with Crippen LogP contribution in [0.1, 0.15) is 19.4 Å². The first kappa shape index (κ1) is 15.1. The average Bonchev–Trinajstić information content (AvgIpc) is 2.82. The molecule has 0 atom stereocenters. The summed E-state index contributed by atoms with van der Waals surface area (Å²) in [5.74, 6) is 0.586. The third-order valence-corrected chi connectivity index (χ3v) is 4.32. The first-order chi connectivity index (χ1) is 9.65. The van der Waals surface area contributed by atoms with Gasteiger partial charge < -0.3 is 0 Å². The van der Waals surface area contributed by atoms with Crippen molar-refractivity contribution in [1.82, 2.24) is 4.90 Å². The highest BCUT2D eigenvalue weighted by molar-refractivity contribution is 8.15. The molecule has 1 fully saturated rings. The van der Waals surface area contributed by atoms with Gasteiger partial charge in [-0.1, -0.05) is 43.3 Å². The molecule has 20 heavy (non-hydrogen) atoms. The highest BCUT2D eigenvalue weighted by Crippen LogP contribution is 2.26. The van der Waals surface area contributed by atoms with Crippen LogP contribution >= 0.6 is 11.8 Å². The summed E-state index contributed by atoms with van der Waals surface area (Å²) in [5, 5.41) is 0.811. The summed E-state index contributed by atoms with van der Waals surface area (Å²) in [4.78, 5) is 20.6. The molecule has 1 aliphatic heterocycles. The Kier molecular flexibility index (Phi) is 5.20. The molecule has 0 spiro atoms. The lowest BCUT2D eigenvalue weighted by Crippen LogP contribution is -2.31. The van der Waals surface area contributed by atoms with Gasteiger partial charge in [0, 0.05) is 0 Å². The zero-order valence-electron chi connectivity index (χ0n) is 12.3. The maximum absolute atomic E-state index is 12.1. The van der Waals surface area contributed by atoms with Crippen LogP contribution in [0.4, 0.5) is 5.69 Å². The number of carbonyl (C=O) groups is 1. The van der Waals surface area contributed by atoms with Crippen LogP contribution in [0, 0.1) is 6.92 Å². The number of nitrogens with zero attached hydrogens (tertiary/aromatic N) is 3. The Balaban J connectivity index is 2.18. The van der Waals surface area contributed by atoms with Crippen LogP contribution in [-0.2, 0) is 4.79 Å². The molecular weight excluding hydrogens is 270 g/mol. The van der Waals surface area contributed by atoms with Crippen molar-refractivity contribution in [3.63, 3.8) is 0 Å². The van der Waals surface area contributed by atoms with E-state index >= 15 is 0 Å². The van der Waals surface area contributed by atoms with Crippen LogP contribution < -0.4 is 4.90 Å². The summed E-state index contributed by atoms with van der Waals surface area (Å²) >= 11 is 1.52. The maximum Gasteiger partial charge on any atom is 0.243 e. The summed E-state index contributed by atoms with van der Waals surface area (Å²) in [6, 6.07) is 8.00. The molecule has 108 valence electrons. The predicted octanol–water partition coefficient (Wildman–Crippen LogP) is 2.73. The van der Waals surface area contributed by atoms with Crippen molar-refractivity contribution in [3.05, 3.63) is 29.8 Å². The van der Waals surface area contributed by atoms with Gasteiger partial charge in [-0.2, -0.15) is 0 Å². The van der Waals surface area contributed by atoms with E-state index in [0.29, 0.717) is 12.4 Å². The first-order valence-electron chi connectivity index (χ1n) is 6.95. The Hall–Kier alpha value is -1.33. The number of hydrogen-bond donors (Lipinski definition) is 0. The highest BCUT2D eigenvalue weighted by Gasteiger charge is 2.29. The minimum atomic E-state index is 0.108. The normalized spacial score (nSPS) is 17.5. The van der Waals surface area contributed by atoms with Gasteiger partial charge in [0.25, 0.3) is 0 Å². The summed E-state index contributed by atoms with van der Waals surface area (Å²) in [5.41, 5.74) is 2.10. The molecule has 0 radical (unpaired) electrons. The van der Waals surface area contributed by atoms with Crippen molar-refractivity contribution >= 4 is 28.5 Å². The molecule has 1 aromatic rings. The van der Waals surface area contributed by atoms with E-state index in [9.17, 15) is 4.79 Å². The summed E-state index contributed by atoms with van der Waals surface area (Å²) in [7, 11) is 0. The van der Waals surface area contributed by atoms with E-state index in [1.807, 2.05) is 31.2 Å². The minimum absolute atomic E-state index is 0.108. The molecule has 1 amide bonds. The summed E-state index contributed by atoms with van der Waals surface area (Å²) in [6.45, 7) is 8.86. The van der Waals surface area contributed by atoms with Crippen LogP contribution in [0.5, 0.6) is 0 Å². The van der Waals surface area contributed by atoms with Gasteiger partial charge in [-0.3, -0.25) is 14.6 Å². The Labute approximate surface area is 124 Å². The van der Waals surface area contributed by atoms with Crippen molar-refractivity contribution < 1.29 is 4.79 Å². The number of hydrogen-bond acceptors (Lipinski definition) is 4. The van der Waals surface area contributed by atoms with Crippen molar-refractivity contribution in [1.29, 1.82) is 0 Å². The fraction of sp³-hybridized carbons (Fsp3) is 0.467. The monoisotopic (exact) mass is 291 g/mol. The third kappa shape index (κ3) is 3.41. The molecular formula is C15H21N3OS. The molecule has 1 aliphatic rings. The zero-order chi connectivity index (χ0) is 14.5. The molecule has 0 aromatic heterocycles. The van der Waals surface area contributed by atoms with E-state index in [4.69, 9.17) is 0 Å². The SMILES string of the molecule is CCN(CC)CN=C1SCC(=O)N1c1ccc(C)cc1. The fourth-order valence-electron chi connectivity index (χ4n) is 2.01. The van der Waals surface area contributed by atoms with Crippen LogP contribution in [0.2, 0.25) is 0 Å². The number of amides is 1. The smallest absolute Gasteiger partial charge is 0.243 e. The summed E-state index contributed by atoms with van der Waals surface area (Å²) in [6.07, 6.45) is 0. The fourth-order valence-corrected chi connectivity index (χ4v) is 2.88. The Morgan fingerprint density at radius 3 is 2.50 bits per heavy atom. The standard InChI is InChI=1S/C15H21N3OS/c1-4-17(5-2)11-16-15-18(14(19)10-20-15)13-8-6-12(3)7-9-13/h6-9H,4-5,10-11H2,1-3H3. The van der Waals surface area contributed by atoms with E-state index < -0.39 is 0 Å². The number of amidine groups is 1. The average molecular weight is 291 g/mol. The quantitative estimate of drug-likeness (QED) is 0.837. The zero-order valence-corrected chi connectivity index (χ0v) is 13.1. The molecule has 0 bridgehead atoms. The lowest BCUT2D eigenvalue weighted by Gasteiger charge is -2.19. The van der Waals surface area contributed by atoms with Gasteiger partial charge in [0.05, 0.1) is 18.1 Å². The topological polar surface area (TPSA) is 35.9 Å². The number of benzene rings is 1. The summed E-state index contributed by atoms with van der Waals surface area (Å²) < 4.78 is 0. The molecule has 0 N–H and O–H groups in total. The lowest BCUT2D eigenvalue weighted by atomic mass is 10.2. The number of aryl methyl sites for hydroxylation is 1. The Morgan fingerprint density at radius 1 is 1.25 bits per heavy atom. The van der Waals surface area contributed by atoms with Crippen LogP contribution in [0.15, 0.2) is 29.3 Å². The first-order valence-corrected chi connectivity index (χ1v) is 7.93.